The van der Waals surface area contributed by atoms with Crippen LogP contribution in [-0.4, -0.2) is 35.5 Å². The van der Waals surface area contributed by atoms with Gasteiger partial charge in [0, 0.05) is 23.5 Å². The maximum atomic E-state index is 12.1. The maximum absolute atomic E-state index is 12.1. The highest BCUT2D eigenvalue weighted by molar-refractivity contribution is 7.98. The third kappa shape index (κ3) is 2.53. The average Bonchev–Trinajstić information content (AvgIpc) is 2.75. The third-order valence-electron chi connectivity index (χ3n) is 2.75. The van der Waals surface area contributed by atoms with E-state index in [0.29, 0.717) is 6.54 Å². The molecule has 2 nitrogen and oxygen atoms in total. The van der Waals surface area contributed by atoms with Gasteiger partial charge >= 0.3 is 0 Å². The van der Waals surface area contributed by atoms with Crippen molar-refractivity contribution in [2.75, 3.05) is 19.3 Å². The molecule has 1 aromatic carbocycles. The largest absolute Gasteiger partial charge is 0.337 e. The van der Waals surface area contributed by atoms with E-state index >= 15 is 0 Å². The van der Waals surface area contributed by atoms with Gasteiger partial charge in [0.1, 0.15) is 0 Å². The topological polar surface area (TPSA) is 20.3 Å². The summed E-state index contributed by atoms with van der Waals surface area (Å²) >= 11 is 7.66. The van der Waals surface area contributed by atoms with Gasteiger partial charge in [0.05, 0.1) is 5.38 Å². The number of thioether (sulfide) groups is 1. The van der Waals surface area contributed by atoms with E-state index in [1.807, 2.05) is 35.4 Å². The van der Waals surface area contributed by atoms with Crippen LogP contribution in [0.5, 0.6) is 0 Å². The molecule has 1 saturated heterocycles. The molecule has 1 fully saturated rings. The van der Waals surface area contributed by atoms with Crippen LogP contribution in [0, 0.1) is 0 Å². The molecule has 0 spiro atoms. The lowest BCUT2D eigenvalue weighted by Crippen LogP contribution is -2.28. The smallest absolute Gasteiger partial charge is 0.253 e. The first kappa shape index (κ1) is 11.8. The van der Waals surface area contributed by atoms with Crippen molar-refractivity contribution in [3.05, 3.63) is 29.8 Å². The predicted molar refractivity (Wildman–Crippen MR) is 68.4 cm³/mol. The molecule has 0 radical (unpaired) electrons. The summed E-state index contributed by atoms with van der Waals surface area (Å²) in [5, 5.41) is 0.120. The van der Waals surface area contributed by atoms with Crippen molar-refractivity contribution in [1.29, 1.82) is 0 Å². The van der Waals surface area contributed by atoms with Crippen molar-refractivity contribution in [3.63, 3.8) is 0 Å². The second kappa shape index (κ2) is 5.11. The molecule has 16 heavy (non-hydrogen) atoms. The third-order valence-corrected chi connectivity index (χ3v) is 3.85. The standard InChI is InChI=1S/C12H14ClNOS/c1-16-11-4-2-9(3-5-11)12(15)14-7-6-10(13)8-14/h2-5,10H,6-8H2,1H3. The van der Waals surface area contributed by atoms with Crippen LogP contribution in [-0.2, 0) is 0 Å². The number of likely N-dealkylation sites (tertiary alicyclic amines) is 1. The van der Waals surface area contributed by atoms with Crippen LogP contribution in [0.25, 0.3) is 0 Å². The van der Waals surface area contributed by atoms with Crippen LogP contribution >= 0.6 is 23.4 Å². The lowest BCUT2D eigenvalue weighted by molar-refractivity contribution is 0.0793. The van der Waals surface area contributed by atoms with Gasteiger partial charge in [-0.15, -0.1) is 23.4 Å². The molecule has 1 aliphatic heterocycles. The Morgan fingerprint density at radius 2 is 2.12 bits per heavy atom. The number of benzene rings is 1. The molecule has 4 heteroatoms. The van der Waals surface area contributed by atoms with Crippen molar-refractivity contribution in [3.8, 4) is 0 Å². The SMILES string of the molecule is CSc1ccc(C(=O)N2CCC(Cl)C2)cc1. The van der Waals surface area contributed by atoms with Crippen LogP contribution in [0.1, 0.15) is 16.8 Å². The fraction of sp³-hybridized carbons (Fsp3) is 0.417. The number of hydrogen-bond donors (Lipinski definition) is 0. The molecule has 1 aliphatic rings. The van der Waals surface area contributed by atoms with Crippen molar-refractivity contribution < 1.29 is 4.79 Å². The molecule has 2 rings (SSSR count). The minimum Gasteiger partial charge on any atom is -0.337 e. The molecule has 0 N–H and O–H groups in total. The van der Waals surface area contributed by atoms with Gasteiger partial charge in [0.2, 0.25) is 0 Å². The molecular formula is C12H14ClNOS. The van der Waals surface area contributed by atoms with Gasteiger partial charge in [0.25, 0.3) is 5.91 Å². The van der Waals surface area contributed by atoms with Crippen LogP contribution in [0.4, 0.5) is 0 Å². The van der Waals surface area contributed by atoms with E-state index in [1.54, 1.807) is 11.8 Å². The van der Waals surface area contributed by atoms with E-state index in [1.165, 1.54) is 4.90 Å². The Kier molecular flexibility index (Phi) is 3.77. The summed E-state index contributed by atoms with van der Waals surface area (Å²) < 4.78 is 0. The summed E-state index contributed by atoms with van der Waals surface area (Å²) in [6, 6.07) is 7.73. The zero-order valence-electron chi connectivity index (χ0n) is 9.15. The van der Waals surface area contributed by atoms with Gasteiger partial charge in [-0.3, -0.25) is 4.79 Å². The number of rotatable bonds is 2. The highest BCUT2D eigenvalue weighted by atomic mass is 35.5. The summed E-state index contributed by atoms with van der Waals surface area (Å²) in [7, 11) is 0. The van der Waals surface area contributed by atoms with E-state index in [4.69, 9.17) is 11.6 Å². The summed E-state index contributed by atoms with van der Waals surface area (Å²) in [4.78, 5) is 15.1. The number of carbonyl (C=O) groups is 1. The summed E-state index contributed by atoms with van der Waals surface area (Å²) in [5.41, 5.74) is 0.753. The van der Waals surface area contributed by atoms with Gasteiger partial charge in [0.15, 0.2) is 0 Å². The first-order chi connectivity index (χ1) is 7.70. The first-order valence-corrected chi connectivity index (χ1v) is 6.94. The van der Waals surface area contributed by atoms with Crippen molar-refractivity contribution in [2.45, 2.75) is 16.7 Å². The Hall–Kier alpha value is -0.670. The second-order valence-electron chi connectivity index (χ2n) is 3.87. The number of alkyl halides is 1. The normalized spacial score (nSPS) is 20.1. The summed E-state index contributed by atoms with van der Waals surface area (Å²) in [6.45, 7) is 1.45. The highest BCUT2D eigenvalue weighted by Gasteiger charge is 2.25. The minimum absolute atomic E-state index is 0.0933. The molecule has 0 bridgehead atoms. The van der Waals surface area contributed by atoms with Crippen molar-refractivity contribution >= 4 is 29.3 Å². The predicted octanol–water partition coefficient (Wildman–Crippen LogP) is 2.86. The summed E-state index contributed by atoms with van der Waals surface area (Å²) in [5.74, 6) is 0.0933. The van der Waals surface area contributed by atoms with E-state index in [2.05, 4.69) is 0 Å². The molecule has 86 valence electrons. The van der Waals surface area contributed by atoms with Crippen molar-refractivity contribution in [2.24, 2.45) is 0 Å². The molecule has 1 aromatic rings. The van der Waals surface area contributed by atoms with Gasteiger partial charge in [-0.05, 0) is 36.9 Å². The van der Waals surface area contributed by atoms with E-state index in [-0.39, 0.29) is 11.3 Å². The van der Waals surface area contributed by atoms with Crippen LogP contribution in [0.3, 0.4) is 0 Å². The summed E-state index contributed by atoms with van der Waals surface area (Å²) in [6.07, 6.45) is 2.92. The van der Waals surface area contributed by atoms with Gasteiger partial charge in [-0.1, -0.05) is 0 Å². The number of amides is 1. The number of hydrogen-bond acceptors (Lipinski definition) is 2. The quantitative estimate of drug-likeness (QED) is 0.598. The van der Waals surface area contributed by atoms with E-state index < -0.39 is 0 Å². The van der Waals surface area contributed by atoms with Crippen LogP contribution in [0.2, 0.25) is 0 Å². The Bertz CT molecular complexity index is 379. The minimum atomic E-state index is 0.0933. The maximum Gasteiger partial charge on any atom is 0.253 e. The molecule has 1 amide bonds. The zero-order valence-corrected chi connectivity index (χ0v) is 10.7. The number of halogens is 1. The van der Waals surface area contributed by atoms with Crippen LogP contribution < -0.4 is 0 Å². The fourth-order valence-electron chi connectivity index (χ4n) is 1.82. The Labute approximate surface area is 105 Å². The molecule has 0 aliphatic carbocycles. The van der Waals surface area contributed by atoms with Crippen molar-refractivity contribution in [1.82, 2.24) is 4.90 Å². The molecule has 1 unspecified atom stereocenters. The molecule has 0 saturated carbocycles. The molecule has 1 heterocycles. The Balaban J connectivity index is 2.08. The Morgan fingerprint density at radius 1 is 1.44 bits per heavy atom. The number of carbonyl (C=O) groups excluding carboxylic acids is 1. The molecule has 0 aromatic heterocycles. The monoisotopic (exact) mass is 255 g/mol. The van der Waals surface area contributed by atoms with Gasteiger partial charge < -0.3 is 4.90 Å². The lowest BCUT2D eigenvalue weighted by Gasteiger charge is -2.15. The molecule has 1 atom stereocenters. The average molecular weight is 256 g/mol. The van der Waals surface area contributed by atoms with E-state index in [0.717, 1.165) is 18.5 Å². The van der Waals surface area contributed by atoms with E-state index in [9.17, 15) is 4.79 Å². The van der Waals surface area contributed by atoms with Crippen LogP contribution in [0.15, 0.2) is 29.2 Å². The molecular weight excluding hydrogens is 242 g/mol. The highest BCUT2D eigenvalue weighted by Crippen LogP contribution is 2.19. The van der Waals surface area contributed by atoms with Gasteiger partial charge in [-0.25, -0.2) is 0 Å². The zero-order chi connectivity index (χ0) is 11.5. The van der Waals surface area contributed by atoms with Gasteiger partial charge in [-0.2, -0.15) is 0 Å². The first-order valence-electron chi connectivity index (χ1n) is 5.28. The Morgan fingerprint density at radius 3 is 2.62 bits per heavy atom. The number of nitrogens with zero attached hydrogens (tertiary/aromatic N) is 1. The lowest BCUT2D eigenvalue weighted by atomic mass is 10.2. The fourth-order valence-corrected chi connectivity index (χ4v) is 2.49. The second-order valence-corrected chi connectivity index (χ2v) is 5.36.